The van der Waals surface area contributed by atoms with Crippen molar-refractivity contribution in [2.75, 3.05) is 6.26 Å². The Hall–Kier alpha value is -2.18. The zero-order valence-electron chi connectivity index (χ0n) is 10.7. The zero-order valence-corrected chi connectivity index (χ0v) is 11.5. The number of carbonyl (C=O) groups excluding carboxylic acids is 1. The topological polar surface area (TPSA) is 83.5 Å². The molecule has 20 heavy (non-hydrogen) atoms. The van der Waals surface area contributed by atoms with E-state index in [0.717, 1.165) is 17.4 Å². The summed E-state index contributed by atoms with van der Waals surface area (Å²) in [7, 11) is -3.20. The van der Waals surface area contributed by atoms with E-state index in [1.807, 2.05) is 0 Å². The molecule has 0 aliphatic carbocycles. The van der Waals surface area contributed by atoms with Crippen LogP contribution in [0.3, 0.4) is 0 Å². The van der Waals surface area contributed by atoms with Gasteiger partial charge in [-0.25, -0.2) is 13.9 Å². The molecule has 2 N–H and O–H groups in total. The van der Waals surface area contributed by atoms with Gasteiger partial charge in [0.25, 0.3) is 5.91 Å². The Morgan fingerprint density at radius 2 is 1.40 bits per heavy atom. The van der Waals surface area contributed by atoms with Gasteiger partial charge in [0.15, 0.2) is 9.84 Å². The highest BCUT2D eigenvalue weighted by Gasteiger charge is 2.08. The van der Waals surface area contributed by atoms with E-state index >= 15 is 0 Å². The van der Waals surface area contributed by atoms with E-state index < -0.39 is 15.7 Å². The summed E-state index contributed by atoms with van der Waals surface area (Å²) in [4.78, 5) is 11.5. The van der Waals surface area contributed by atoms with Crippen LogP contribution in [-0.2, 0) is 9.84 Å². The predicted molar refractivity (Wildman–Crippen MR) is 74.2 cm³/mol. The third kappa shape index (κ3) is 3.04. The summed E-state index contributed by atoms with van der Waals surface area (Å²) in [5.41, 5.74) is 3.58. The molecule has 0 saturated heterocycles. The normalized spacial score (nSPS) is 11.1. The van der Waals surface area contributed by atoms with Crippen molar-refractivity contribution >= 4 is 15.7 Å². The molecule has 0 radical (unpaired) electrons. The summed E-state index contributed by atoms with van der Waals surface area (Å²) in [5, 5.41) is 8.52. The fourth-order valence-electron chi connectivity index (χ4n) is 1.77. The van der Waals surface area contributed by atoms with Crippen LogP contribution in [0.4, 0.5) is 0 Å². The second-order valence-electron chi connectivity index (χ2n) is 4.31. The molecule has 2 aromatic carbocycles. The van der Waals surface area contributed by atoms with E-state index in [1.54, 1.807) is 54.0 Å². The van der Waals surface area contributed by atoms with Gasteiger partial charge in [-0.05, 0) is 35.4 Å². The molecule has 104 valence electrons. The highest BCUT2D eigenvalue weighted by Crippen LogP contribution is 2.21. The van der Waals surface area contributed by atoms with Gasteiger partial charge < -0.3 is 0 Å². The van der Waals surface area contributed by atoms with Crippen LogP contribution in [0.5, 0.6) is 0 Å². The van der Waals surface area contributed by atoms with Crippen molar-refractivity contribution in [3.63, 3.8) is 0 Å². The maximum Gasteiger partial charge on any atom is 0.274 e. The molecule has 1 amide bonds. The Labute approximate surface area is 116 Å². The number of rotatable bonds is 3. The third-order valence-electron chi connectivity index (χ3n) is 2.86. The van der Waals surface area contributed by atoms with Crippen LogP contribution in [0.2, 0.25) is 0 Å². The van der Waals surface area contributed by atoms with Gasteiger partial charge in [-0.1, -0.05) is 24.3 Å². The molecule has 6 heteroatoms. The van der Waals surface area contributed by atoms with Crippen LogP contribution in [0.1, 0.15) is 10.4 Å². The first-order valence-electron chi connectivity index (χ1n) is 5.77. The molecule has 0 atom stereocenters. The zero-order chi connectivity index (χ0) is 14.8. The highest BCUT2D eigenvalue weighted by molar-refractivity contribution is 7.90. The Kier molecular flexibility index (Phi) is 3.87. The Morgan fingerprint density at radius 1 is 0.950 bits per heavy atom. The molecule has 2 aromatic rings. The predicted octanol–water partition coefficient (Wildman–Crippen LogP) is 1.88. The first-order valence-corrected chi connectivity index (χ1v) is 7.66. The van der Waals surface area contributed by atoms with Crippen molar-refractivity contribution in [2.24, 2.45) is 0 Å². The number of sulfone groups is 1. The summed E-state index contributed by atoms with van der Waals surface area (Å²) < 4.78 is 22.7. The number of hydrogen-bond donors (Lipinski definition) is 2. The average Bonchev–Trinajstić information content (AvgIpc) is 2.46. The number of hydrogen-bond acceptors (Lipinski definition) is 4. The smallest absolute Gasteiger partial charge is 0.274 e. The van der Waals surface area contributed by atoms with Gasteiger partial charge in [-0.15, -0.1) is 0 Å². The minimum Gasteiger partial charge on any atom is -0.288 e. The summed E-state index contributed by atoms with van der Waals surface area (Å²) >= 11 is 0. The Morgan fingerprint density at radius 3 is 1.80 bits per heavy atom. The monoisotopic (exact) mass is 291 g/mol. The minimum atomic E-state index is -3.20. The summed E-state index contributed by atoms with van der Waals surface area (Å²) in [6.07, 6.45) is 1.16. The molecular formula is C14H13NO4S. The lowest BCUT2D eigenvalue weighted by molar-refractivity contribution is 0.0706. The van der Waals surface area contributed by atoms with Crippen LogP contribution in [0, 0.1) is 0 Å². The van der Waals surface area contributed by atoms with Crippen molar-refractivity contribution in [3.8, 4) is 11.1 Å². The van der Waals surface area contributed by atoms with Crippen molar-refractivity contribution in [1.82, 2.24) is 5.48 Å². The lowest BCUT2D eigenvalue weighted by Crippen LogP contribution is -2.18. The van der Waals surface area contributed by atoms with Gasteiger partial charge in [0.1, 0.15) is 0 Å². The van der Waals surface area contributed by atoms with Crippen LogP contribution in [0.15, 0.2) is 53.4 Å². The van der Waals surface area contributed by atoms with Gasteiger partial charge in [0.2, 0.25) is 0 Å². The molecule has 0 aliphatic heterocycles. The van der Waals surface area contributed by atoms with E-state index in [0.29, 0.717) is 5.56 Å². The first kappa shape index (κ1) is 14.2. The van der Waals surface area contributed by atoms with Gasteiger partial charge >= 0.3 is 0 Å². The van der Waals surface area contributed by atoms with Crippen LogP contribution >= 0.6 is 0 Å². The SMILES string of the molecule is CS(=O)(=O)c1ccc(-c2ccc(C(=O)NO)cc2)cc1. The molecule has 0 saturated carbocycles. The lowest BCUT2D eigenvalue weighted by atomic mass is 10.0. The molecule has 0 spiro atoms. The average molecular weight is 291 g/mol. The third-order valence-corrected chi connectivity index (χ3v) is 3.99. The molecule has 2 rings (SSSR count). The molecule has 0 aliphatic rings. The standard InChI is InChI=1S/C14H13NO4S/c1-20(18,19)13-8-6-11(7-9-13)10-2-4-12(5-3-10)14(16)15-17/h2-9,17H,1H3,(H,15,16). The summed E-state index contributed by atoms with van der Waals surface area (Å²) in [5.74, 6) is -0.580. The van der Waals surface area contributed by atoms with E-state index in [-0.39, 0.29) is 4.90 Å². The number of nitrogens with one attached hydrogen (secondary N) is 1. The maximum atomic E-state index is 11.4. The minimum absolute atomic E-state index is 0.262. The maximum absolute atomic E-state index is 11.4. The fourth-order valence-corrected chi connectivity index (χ4v) is 2.40. The number of benzene rings is 2. The van der Waals surface area contributed by atoms with Crippen LogP contribution in [0.25, 0.3) is 11.1 Å². The van der Waals surface area contributed by atoms with Gasteiger partial charge in [-0.3, -0.25) is 10.0 Å². The second-order valence-corrected chi connectivity index (χ2v) is 6.33. The molecule has 5 nitrogen and oxygen atoms in total. The van der Waals surface area contributed by atoms with Gasteiger partial charge in [0, 0.05) is 11.8 Å². The van der Waals surface area contributed by atoms with Crippen molar-refractivity contribution in [2.45, 2.75) is 4.90 Å². The number of carbonyl (C=O) groups is 1. The van der Waals surface area contributed by atoms with Crippen molar-refractivity contribution in [3.05, 3.63) is 54.1 Å². The first-order chi connectivity index (χ1) is 9.41. The molecular weight excluding hydrogens is 278 g/mol. The molecule has 0 unspecified atom stereocenters. The highest BCUT2D eigenvalue weighted by atomic mass is 32.2. The molecule has 0 fully saturated rings. The number of amides is 1. The quantitative estimate of drug-likeness (QED) is 0.668. The van der Waals surface area contributed by atoms with Crippen molar-refractivity contribution in [1.29, 1.82) is 0 Å². The largest absolute Gasteiger partial charge is 0.288 e. The van der Waals surface area contributed by atoms with Crippen LogP contribution < -0.4 is 5.48 Å². The Bertz CT molecular complexity index is 719. The van der Waals surface area contributed by atoms with E-state index in [2.05, 4.69) is 0 Å². The summed E-state index contributed by atoms with van der Waals surface area (Å²) in [6, 6.07) is 13.1. The molecule has 0 bridgehead atoms. The summed E-state index contributed by atoms with van der Waals surface area (Å²) in [6.45, 7) is 0. The van der Waals surface area contributed by atoms with Gasteiger partial charge in [-0.2, -0.15) is 0 Å². The second kappa shape index (κ2) is 5.44. The Balaban J connectivity index is 2.31. The van der Waals surface area contributed by atoms with E-state index in [4.69, 9.17) is 5.21 Å². The van der Waals surface area contributed by atoms with E-state index in [1.165, 1.54) is 0 Å². The van der Waals surface area contributed by atoms with Gasteiger partial charge in [0.05, 0.1) is 4.90 Å². The molecule has 0 heterocycles. The lowest BCUT2D eigenvalue weighted by Gasteiger charge is -2.05. The van der Waals surface area contributed by atoms with Crippen molar-refractivity contribution < 1.29 is 18.4 Å². The molecule has 0 aromatic heterocycles. The number of hydroxylamine groups is 1. The van der Waals surface area contributed by atoms with Crippen LogP contribution in [-0.4, -0.2) is 25.8 Å². The van der Waals surface area contributed by atoms with E-state index in [9.17, 15) is 13.2 Å². The fraction of sp³-hybridized carbons (Fsp3) is 0.0714.